The molecule has 104 valence electrons. The largest absolute Gasteiger partial charge is 0.406 e. The topological polar surface area (TPSA) is 100 Å². The van der Waals surface area contributed by atoms with E-state index in [0.29, 0.717) is 5.89 Å². The highest BCUT2D eigenvalue weighted by Crippen LogP contribution is 2.20. The molecule has 1 aromatic heterocycles. The molecule has 0 radical (unpaired) electrons. The van der Waals surface area contributed by atoms with Gasteiger partial charge in [-0.15, -0.1) is 5.10 Å². The second kappa shape index (κ2) is 5.35. The van der Waals surface area contributed by atoms with Crippen LogP contribution in [0, 0.1) is 0 Å². The summed E-state index contributed by atoms with van der Waals surface area (Å²) < 4.78 is 5.51. The molecule has 0 aliphatic carbocycles. The van der Waals surface area contributed by atoms with Gasteiger partial charge in [0.05, 0.1) is 6.04 Å². The first kappa shape index (κ1) is 13.5. The summed E-state index contributed by atoms with van der Waals surface area (Å²) in [4.78, 5) is 24.4. The molecule has 0 spiro atoms. The Bertz CT molecular complexity index is 486. The van der Waals surface area contributed by atoms with E-state index in [-0.39, 0.29) is 30.4 Å². The molecule has 8 heteroatoms. The van der Waals surface area contributed by atoms with Crippen molar-refractivity contribution in [3.8, 4) is 0 Å². The second-order valence-electron chi connectivity index (χ2n) is 4.42. The molecule has 8 nitrogen and oxygen atoms in total. The Labute approximate surface area is 110 Å². The van der Waals surface area contributed by atoms with Gasteiger partial charge in [0.2, 0.25) is 17.7 Å². The van der Waals surface area contributed by atoms with Crippen LogP contribution in [0.2, 0.25) is 0 Å². The molecule has 2 N–H and O–H groups in total. The third-order valence-electron chi connectivity index (χ3n) is 2.98. The van der Waals surface area contributed by atoms with Gasteiger partial charge < -0.3 is 14.6 Å². The molecule has 0 bridgehead atoms. The van der Waals surface area contributed by atoms with Crippen molar-refractivity contribution in [2.45, 2.75) is 32.9 Å². The van der Waals surface area contributed by atoms with Crippen molar-refractivity contribution in [3.05, 3.63) is 5.89 Å². The van der Waals surface area contributed by atoms with Crippen molar-refractivity contribution in [1.82, 2.24) is 20.8 Å². The lowest BCUT2D eigenvalue weighted by Gasteiger charge is -2.29. The molecule has 2 rings (SSSR count). The van der Waals surface area contributed by atoms with Gasteiger partial charge in [-0.25, -0.2) is 0 Å². The smallest absolute Gasteiger partial charge is 0.319 e. The number of rotatable bonds is 4. The molecule has 2 heterocycles. The fraction of sp³-hybridized carbons (Fsp3) is 0.636. The lowest BCUT2D eigenvalue weighted by molar-refractivity contribution is -0.132. The Morgan fingerprint density at radius 3 is 2.95 bits per heavy atom. The summed E-state index contributed by atoms with van der Waals surface area (Å²) in [6.07, 6.45) is 0. The summed E-state index contributed by atoms with van der Waals surface area (Å²) in [5.74, 6) is -0.305. The van der Waals surface area contributed by atoms with E-state index in [1.807, 2.05) is 13.8 Å². The molecular formula is C11H17N5O3. The first-order valence-electron chi connectivity index (χ1n) is 6.20. The Balaban J connectivity index is 2.17. The zero-order valence-electron chi connectivity index (χ0n) is 11.1. The van der Waals surface area contributed by atoms with Crippen LogP contribution in [0.25, 0.3) is 0 Å². The van der Waals surface area contributed by atoms with E-state index in [1.54, 1.807) is 6.92 Å². The lowest BCUT2D eigenvalue weighted by Crippen LogP contribution is -2.57. The van der Waals surface area contributed by atoms with Crippen LogP contribution < -0.4 is 15.5 Å². The number of piperazine rings is 1. The number of amides is 2. The number of carbonyl (C=O) groups is 2. The zero-order chi connectivity index (χ0) is 14.0. The number of anilines is 1. The predicted molar refractivity (Wildman–Crippen MR) is 66.3 cm³/mol. The average molecular weight is 267 g/mol. The van der Waals surface area contributed by atoms with Crippen LogP contribution >= 0.6 is 0 Å². The molecule has 1 fully saturated rings. The van der Waals surface area contributed by atoms with Crippen LogP contribution in [-0.4, -0.2) is 41.1 Å². The molecular weight excluding hydrogens is 250 g/mol. The van der Waals surface area contributed by atoms with Crippen LogP contribution in [0.3, 0.4) is 0 Å². The van der Waals surface area contributed by atoms with E-state index >= 15 is 0 Å². The highest BCUT2D eigenvalue weighted by molar-refractivity contribution is 6.03. The van der Waals surface area contributed by atoms with Crippen molar-refractivity contribution in [2.24, 2.45) is 0 Å². The zero-order valence-corrected chi connectivity index (χ0v) is 11.1. The van der Waals surface area contributed by atoms with E-state index in [0.717, 1.165) is 6.54 Å². The third kappa shape index (κ3) is 2.73. The van der Waals surface area contributed by atoms with Gasteiger partial charge in [-0.05, 0) is 20.4 Å². The minimum atomic E-state index is -0.513. The second-order valence-corrected chi connectivity index (χ2v) is 4.42. The number of nitrogens with zero attached hydrogens (tertiary/aromatic N) is 3. The molecule has 1 aliphatic heterocycles. The summed E-state index contributed by atoms with van der Waals surface area (Å²) in [7, 11) is 0. The minimum Gasteiger partial charge on any atom is -0.406 e. The Morgan fingerprint density at radius 1 is 1.53 bits per heavy atom. The predicted octanol–water partition coefficient (Wildman–Crippen LogP) is -0.409. The van der Waals surface area contributed by atoms with Gasteiger partial charge in [-0.2, -0.15) is 0 Å². The molecule has 2 atom stereocenters. The molecule has 0 saturated carbocycles. The van der Waals surface area contributed by atoms with Gasteiger partial charge in [0.15, 0.2) is 0 Å². The number of hydrogen-bond acceptors (Lipinski definition) is 7. The first-order chi connectivity index (χ1) is 9.02. The van der Waals surface area contributed by atoms with Gasteiger partial charge in [-0.3, -0.25) is 14.9 Å². The third-order valence-corrected chi connectivity index (χ3v) is 2.98. The van der Waals surface area contributed by atoms with E-state index < -0.39 is 6.04 Å². The van der Waals surface area contributed by atoms with Crippen molar-refractivity contribution < 1.29 is 14.0 Å². The highest BCUT2D eigenvalue weighted by atomic mass is 16.4. The number of nitrogens with one attached hydrogen (secondary N) is 2. The van der Waals surface area contributed by atoms with Gasteiger partial charge in [-0.1, -0.05) is 12.0 Å². The lowest BCUT2D eigenvalue weighted by atomic mass is 10.2. The molecule has 1 aromatic rings. The molecule has 1 aliphatic rings. The van der Waals surface area contributed by atoms with Gasteiger partial charge >= 0.3 is 6.01 Å². The Morgan fingerprint density at radius 2 is 2.26 bits per heavy atom. The molecule has 19 heavy (non-hydrogen) atoms. The van der Waals surface area contributed by atoms with Crippen molar-refractivity contribution in [1.29, 1.82) is 0 Å². The summed E-state index contributed by atoms with van der Waals surface area (Å²) in [5.41, 5.74) is 0. The summed E-state index contributed by atoms with van der Waals surface area (Å²) in [6.45, 7) is 6.37. The van der Waals surface area contributed by atoms with E-state index in [2.05, 4.69) is 20.8 Å². The fourth-order valence-corrected chi connectivity index (χ4v) is 1.86. The van der Waals surface area contributed by atoms with Gasteiger partial charge in [0.25, 0.3) is 0 Å². The number of hydrogen-bond donors (Lipinski definition) is 2. The van der Waals surface area contributed by atoms with Crippen molar-refractivity contribution in [2.75, 3.05) is 18.0 Å². The van der Waals surface area contributed by atoms with Crippen LogP contribution in [0.1, 0.15) is 32.7 Å². The maximum absolute atomic E-state index is 11.6. The van der Waals surface area contributed by atoms with Crippen LogP contribution in [-0.2, 0) is 9.59 Å². The van der Waals surface area contributed by atoms with E-state index in [1.165, 1.54) is 4.90 Å². The minimum absolute atomic E-state index is 0.0319. The van der Waals surface area contributed by atoms with Crippen LogP contribution in [0.4, 0.5) is 6.01 Å². The summed E-state index contributed by atoms with van der Waals surface area (Å²) >= 11 is 0. The fourth-order valence-electron chi connectivity index (χ4n) is 1.86. The number of carbonyl (C=O) groups excluding carboxylic acids is 2. The molecule has 1 saturated heterocycles. The maximum atomic E-state index is 11.6. The monoisotopic (exact) mass is 267 g/mol. The van der Waals surface area contributed by atoms with Crippen LogP contribution in [0.15, 0.2) is 4.42 Å². The van der Waals surface area contributed by atoms with Crippen LogP contribution in [0.5, 0.6) is 0 Å². The highest BCUT2D eigenvalue weighted by Gasteiger charge is 2.33. The Kier molecular flexibility index (Phi) is 3.79. The Hall–Kier alpha value is -1.96. The molecule has 2 unspecified atom stereocenters. The van der Waals surface area contributed by atoms with Crippen molar-refractivity contribution >= 4 is 17.8 Å². The average Bonchev–Trinajstić information content (AvgIpc) is 2.83. The first-order valence-corrected chi connectivity index (χ1v) is 6.20. The maximum Gasteiger partial charge on any atom is 0.319 e. The summed E-state index contributed by atoms with van der Waals surface area (Å²) in [6, 6.07) is -0.397. The number of aromatic nitrogens is 2. The van der Waals surface area contributed by atoms with E-state index in [9.17, 15) is 9.59 Å². The summed E-state index contributed by atoms with van der Waals surface area (Å²) in [5, 5.41) is 13.2. The van der Waals surface area contributed by atoms with Gasteiger partial charge in [0.1, 0.15) is 12.6 Å². The van der Waals surface area contributed by atoms with Gasteiger partial charge in [0, 0.05) is 0 Å². The molecule has 2 amide bonds. The quantitative estimate of drug-likeness (QED) is 0.715. The van der Waals surface area contributed by atoms with Crippen molar-refractivity contribution in [3.63, 3.8) is 0 Å². The SMILES string of the molecule is CCNC(C)c1nnc(N2CC(=O)NC(=O)C2C)o1. The molecule has 0 aromatic carbocycles. The standard InChI is InChI=1S/C11H17N5O3/c1-4-12-6(2)10-14-15-11(19-10)16-5-8(17)13-9(18)7(16)3/h6-7,12H,4-5H2,1-3H3,(H,13,17,18). The normalized spacial score (nSPS) is 21.4. The van der Waals surface area contributed by atoms with E-state index in [4.69, 9.17) is 4.42 Å². The number of imide groups is 1.